The zero-order valence-electron chi connectivity index (χ0n) is 55.4. The molecule has 103 heavy (non-hydrogen) atoms. The first kappa shape index (κ1) is 70.0. The van der Waals surface area contributed by atoms with Gasteiger partial charge in [0, 0.05) is 101 Å². The van der Waals surface area contributed by atoms with Crippen LogP contribution in [0.1, 0.15) is 72.1 Å². The summed E-state index contributed by atoms with van der Waals surface area (Å²) in [5.41, 5.74) is 71.2. The van der Waals surface area contributed by atoms with E-state index in [0.29, 0.717) is 24.4 Å². The number of aliphatic imine (C=N–C) groups is 1. The number of para-hydroxylation sites is 3. The number of carbonyl (C=O) groups excluding carboxylic acids is 5. The smallest absolute Gasteiger partial charge is 0.294 e. The Labute approximate surface area is 601 Å². The van der Waals surface area contributed by atoms with Crippen LogP contribution in [-0.4, -0.2) is 103 Å². The number of hydrogen-bond acceptors (Lipinski definition) is 18. The topological polar surface area (TPSA) is 500 Å². The zero-order chi connectivity index (χ0) is 73.4. The molecule has 29 nitrogen and oxygen atoms in total. The third-order valence-corrected chi connectivity index (χ3v) is 18.3. The quantitative estimate of drug-likeness (QED) is 0.0537. The second-order valence-corrected chi connectivity index (χ2v) is 25.9. The number of nitrogens with two attached hydrogens (primary N) is 11. The van der Waals surface area contributed by atoms with Crippen LogP contribution >= 0.6 is 31.9 Å². The van der Waals surface area contributed by atoms with Crippen molar-refractivity contribution in [1.29, 1.82) is 0 Å². The Morgan fingerprint density at radius 2 is 0.874 bits per heavy atom. The minimum atomic E-state index is -0.612. The number of anilines is 5. The number of carbonyl (C=O) groups is 5. The Morgan fingerprint density at radius 3 is 1.32 bits per heavy atom. The van der Waals surface area contributed by atoms with Crippen LogP contribution in [0.4, 0.5) is 29.1 Å². The van der Waals surface area contributed by atoms with Gasteiger partial charge < -0.3 is 87.1 Å². The fourth-order valence-electron chi connectivity index (χ4n) is 12.7. The lowest BCUT2D eigenvalue weighted by atomic mass is 10.1. The van der Waals surface area contributed by atoms with E-state index in [9.17, 15) is 24.0 Å². The second kappa shape index (κ2) is 28.7. The molecule has 0 fully saturated rings. The lowest BCUT2D eigenvalue weighted by molar-refractivity contribution is 0.0992. The maximum Gasteiger partial charge on any atom is 0.294 e. The van der Waals surface area contributed by atoms with Crippen molar-refractivity contribution in [1.82, 2.24) is 53.5 Å². The van der Waals surface area contributed by atoms with Gasteiger partial charge in [0.15, 0.2) is 0 Å². The number of H-pyrrole nitrogens is 1. The van der Waals surface area contributed by atoms with E-state index in [1.54, 1.807) is 34.9 Å². The molecule has 24 N–H and O–H groups in total. The molecular weight excluding hydrogens is 1440 g/mol. The van der Waals surface area contributed by atoms with Crippen LogP contribution in [0.2, 0.25) is 0 Å². The fraction of sp³-hybridized carbons (Fsp3) is 0.139. The third kappa shape index (κ3) is 13.6. The van der Waals surface area contributed by atoms with Crippen LogP contribution in [0.25, 0.3) is 115 Å². The molecule has 1 aliphatic rings. The Kier molecular flexibility index (Phi) is 19.5. The maximum atomic E-state index is 11.6. The molecule has 0 aliphatic carbocycles. The van der Waals surface area contributed by atoms with Gasteiger partial charge in [0.1, 0.15) is 63.2 Å². The molecule has 15 aromatic rings. The molecule has 0 saturated carbocycles. The number of hydrogen-bond donors (Lipinski definition) is 13. The summed E-state index contributed by atoms with van der Waals surface area (Å²) in [6.45, 7) is 14.9. The van der Waals surface area contributed by atoms with E-state index in [2.05, 4.69) is 86.1 Å². The number of aromatic nitrogens is 10. The first-order chi connectivity index (χ1) is 49.3. The van der Waals surface area contributed by atoms with Crippen LogP contribution in [0.15, 0.2) is 153 Å². The van der Waals surface area contributed by atoms with Gasteiger partial charge >= 0.3 is 0 Å². The number of fused-ring (bicyclic) bond motifs is 15. The molecule has 0 radical (unpaired) electrons. The first-order valence-corrected chi connectivity index (χ1v) is 33.6. The van der Waals surface area contributed by atoms with Crippen LogP contribution in [0, 0.1) is 6.57 Å². The summed E-state index contributed by atoms with van der Waals surface area (Å²) in [4.78, 5) is 89.8. The van der Waals surface area contributed by atoms with Crippen molar-refractivity contribution in [3.63, 3.8) is 0 Å². The largest absolute Gasteiger partial charge is 0.383 e. The number of halogens is 2. The van der Waals surface area contributed by atoms with Gasteiger partial charge in [-0.3, -0.25) is 38.4 Å². The van der Waals surface area contributed by atoms with Gasteiger partial charge in [-0.25, -0.2) is 31.5 Å². The summed E-state index contributed by atoms with van der Waals surface area (Å²) >= 11 is 6.88. The Bertz CT molecular complexity index is 6080. The highest BCUT2D eigenvalue weighted by Crippen LogP contribution is 2.36. The Morgan fingerprint density at radius 1 is 0.485 bits per heavy atom. The number of pyridine rings is 5. The first-order valence-electron chi connectivity index (χ1n) is 32.0. The fourth-order valence-corrected chi connectivity index (χ4v) is 13.4. The van der Waals surface area contributed by atoms with Crippen molar-refractivity contribution in [3.05, 3.63) is 188 Å². The molecule has 16 rings (SSSR count). The minimum Gasteiger partial charge on any atom is -0.383 e. The van der Waals surface area contributed by atoms with Gasteiger partial charge in [-0.1, -0.05) is 86.5 Å². The number of amidine groups is 1. The number of aromatic amines is 1. The van der Waals surface area contributed by atoms with Gasteiger partial charge in [-0.15, -0.1) is 0 Å². The molecule has 0 bridgehead atoms. The van der Waals surface area contributed by atoms with E-state index in [0.717, 1.165) is 139 Å². The van der Waals surface area contributed by atoms with E-state index in [1.807, 2.05) is 128 Å². The highest BCUT2D eigenvalue weighted by Gasteiger charge is 2.23. The third-order valence-electron chi connectivity index (χ3n) is 17.3. The van der Waals surface area contributed by atoms with Crippen molar-refractivity contribution in [2.45, 2.75) is 52.6 Å². The van der Waals surface area contributed by atoms with Crippen molar-refractivity contribution >= 4 is 206 Å². The predicted octanol–water partition coefficient (Wildman–Crippen LogP) is 9.04. The molecule has 1 atom stereocenters. The molecule has 11 heterocycles. The number of rotatable bonds is 11. The monoisotopic (exact) mass is 1510 g/mol. The van der Waals surface area contributed by atoms with Crippen LogP contribution in [-0.2, 0) is 26.3 Å². The lowest BCUT2D eigenvalue weighted by Gasteiger charge is -2.16. The molecule has 1 aliphatic heterocycles. The summed E-state index contributed by atoms with van der Waals surface area (Å²) in [6, 6.07) is 43.7. The number of primary amides is 5. The standard InChI is InChI=1S/C17H18N6O.C15H17N5O.C14H13BrN4O.C14H11N5O.C12H9BrN4O/c18-15-12(16(19)24)8-11-10-4-1-2-5-13(10)23(17(11)22-15)9-14-20-6-3-7-21-14;1-8(16)7-20-12-5-3-2-4-9(12)10-6-11(14(18)21)13(17)19-15(10)20;1-2-19-11-4-3-7(15)5-8(11)9-6-10(13(17)20)12(16)18-14(9)19;1-17-7-19-11-5-3-2-4-8(11)9-6-10(13(16)20)12(15)18-14(9)19;13-5-1-2-9-6(3-5)7-4-8(11(15)18)10(14)17-12(7)16-9/h1-2,4-5,8H,3,6-7,9H2,(H2,18,22)(H2,19,24)(H,20,21);2-6,8H,7,16H2,1H3,(H2,17,19)(H2,18,21);3-6H,2H2,1H3,(H2,16,18)(H2,17,20);2-6H,7H2,(H2,15,18)(H2,16,20);1-4H,(H2,15,18)(H3,14,16,17)/t;8-;;;/m.1.../s1. The highest BCUT2D eigenvalue weighted by molar-refractivity contribution is 9.10. The molecule has 31 heteroatoms. The average molecular weight is 1510 g/mol. The van der Waals surface area contributed by atoms with Crippen LogP contribution in [0.5, 0.6) is 0 Å². The summed E-state index contributed by atoms with van der Waals surface area (Å²) in [7, 11) is 0. The second-order valence-electron chi connectivity index (χ2n) is 24.1. The Hall–Kier alpha value is -12.9. The summed E-state index contributed by atoms with van der Waals surface area (Å²) < 4.78 is 9.86. The molecule has 5 amide bonds. The predicted molar refractivity (Wildman–Crippen MR) is 413 cm³/mol. The molecule has 520 valence electrons. The van der Waals surface area contributed by atoms with Crippen molar-refractivity contribution in [3.8, 4) is 0 Å². The van der Waals surface area contributed by atoms with Crippen LogP contribution < -0.4 is 68.4 Å². The number of benzene rings is 5. The van der Waals surface area contributed by atoms with Crippen molar-refractivity contribution < 1.29 is 24.0 Å². The van der Waals surface area contributed by atoms with E-state index in [4.69, 9.17) is 69.6 Å². The molecule has 0 saturated heterocycles. The number of aryl methyl sites for hydroxylation is 1. The van der Waals surface area contributed by atoms with Gasteiger partial charge in [0.25, 0.3) is 36.2 Å². The van der Waals surface area contributed by atoms with Crippen molar-refractivity contribution in [2.24, 2.45) is 39.4 Å². The van der Waals surface area contributed by atoms with E-state index >= 15 is 0 Å². The molecule has 0 spiro atoms. The lowest BCUT2D eigenvalue weighted by Crippen LogP contribution is -2.32. The Balaban J connectivity index is 0.000000122. The molecule has 0 unspecified atom stereocenters. The summed E-state index contributed by atoms with van der Waals surface area (Å²) in [5.74, 6) is -1.29. The van der Waals surface area contributed by atoms with Crippen LogP contribution in [0.3, 0.4) is 0 Å². The van der Waals surface area contributed by atoms with E-state index in [-0.39, 0.29) is 69.6 Å². The van der Waals surface area contributed by atoms with Gasteiger partial charge in [0.05, 0.1) is 56.4 Å². The highest BCUT2D eigenvalue weighted by atomic mass is 79.9. The number of nitrogens with one attached hydrogen (secondary N) is 2. The SMILES string of the molecule is CCn1c2ccc(Br)cc2c2cc(C(N)=O)c(N)nc21.C[C@@H](N)Cn1c2ccccc2c2cc(C(N)=O)c(N)nc21.NC(=O)c1cc2c(nc1N)[nH]c1ccc(Br)cc12.NC(=O)c1cc2c3ccccc3n(CC3=NCCCN3)c2nc1N.[C-]#[N+]Cn1c2ccccc2c2cc(C(N)=O)c(N)nc21. The summed E-state index contributed by atoms with van der Waals surface area (Å²) in [6.07, 6.45) is 1.05. The number of amides is 5. The van der Waals surface area contributed by atoms with Crippen molar-refractivity contribution in [2.75, 3.05) is 41.8 Å². The minimum absolute atomic E-state index is 0.0251. The number of nitrogen functional groups attached to an aromatic ring is 5. The van der Waals surface area contributed by atoms with E-state index in [1.165, 1.54) is 0 Å². The molecule has 10 aromatic heterocycles. The number of nitrogens with zero attached hydrogens (tertiary/aromatic N) is 11. The summed E-state index contributed by atoms with van der Waals surface area (Å²) in [5, 5.41) is 12.4. The average Bonchev–Trinajstić information content (AvgIpc) is 1.61. The maximum absolute atomic E-state index is 11.6. The molecular formula is C72H68Br2N24O5. The van der Waals surface area contributed by atoms with Gasteiger partial charge in [-0.2, -0.15) is 0 Å². The van der Waals surface area contributed by atoms with E-state index < -0.39 is 29.5 Å². The van der Waals surface area contributed by atoms with Gasteiger partial charge in [0.2, 0.25) is 0 Å². The van der Waals surface area contributed by atoms with Gasteiger partial charge in [-0.05, 0) is 105 Å². The normalized spacial score (nSPS) is 12.3. The zero-order valence-corrected chi connectivity index (χ0v) is 58.5. The molecule has 5 aromatic carbocycles.